The Hall–Kier alpha value is -7.97. The minimum atomic E-state index is -0.293. The molecule has 2 saturated heterocycles. The number of morpholine rings is 1. The van der Waals surface area contributed by atoms with Gasteiger partial charge < -0.3 is 30.2 Å². The standard InChI is InChI=1S/C58H57N9O4/c1-4-50(68)61-48-34-42(20-18-38(48)2)53-46-14-8-22-59-57(46)63-55(53)44-12-5-10-40(32-44)36-65-24-26-67(27-25-65)52(70)17-7-16-51(69)62-49-35-43(21-19-39(49)3)54-47-15-9-23-60-58(47)64-56(54)45-13-6-11-41(33-45)37-66-28-30-71-31-29-66/h4-16,18-23,32-35H,1,17,24-31,36-37H2,2-3H3,(H,59,63)(H,60,64)(H,61,68)(H,62,69)/b16-7+. The molecule has 8 aromatic rings. The molecule has 4 aromatic heterocycles. The van der Waals surface area contributed by atoms with Crippen molar-refractivity contribution in [3.8, 4) is 44.8 Å². The van der Waals surface area contributed by atoms with E-state index >= 15 is 0 Å². The molecule has 0 aliphatic carbocycles. The van der Waals surface area contributed by atoms with Gasteiger partial charge in [0.05, 0.1) is 24.6 Å². The SMILES string of the molecule is C=CC(=O)Nc1cc(-c2c(-c3cccc(CN4CCN(C(=O)C/C=C/C(=O)Nc5cc(-c6c(-c7cccc(CN8CCOCC8)c7)[nH]c7ncccc67)ccc5C)CC4)c3)[nH]c3ncccc23)ccc1C. The number of ether oxygens (including phenoxy) is 1. The number of hydrogen-bond donors (Lipinski definition) is 4. The average molecular weight is 944 g/mol. The summed E-state index contributed by atoms with van der Waals surface area (Å²) < 4.78 is 5.57. The first kappa shape index (κ1) is 46.7. The van der Waals surface area contributed by atoms with Crippen LogP contribution in [0.3, 0.4) is 0 Å². The monoisotopic (exact) mass is 943 g/mol. The lowest BCUT2D eigenvalue weighted by molar-refractivity contribution is -0.132. The fraction of sp³-hybridized carbons (Fsp3) is 0.224. The van der Waals surface area contributed by atoms with E-state index in [-0.39, 0.29) is 24.1 Å². The van der Waals surface area contributed by atoms with Gasteiger partial charge in [-0.2, -0.15) is 0 Å². The lowest BCUT2D eigenvalue weighted by Crippen LogP contribution is -2.48. The van der Waals surface area contributed by atoms with Gasteiger partial charge in [-0.3, -0.25) is 24.2 Å². The third-order valence-electron chi connectivity index (χ3n) is 13.5. The number of aromatic nitrogens is 4. The van der Waals surface area contributed by atoms with Gasteiger partial charge in [0.1, 0.15) is 11.3 Å². The molecule has 0 atom stereocenters. The van der Waals surface area contributed by atoms with Gasteiger partial charge in [-0.25, -0.2) is 9.97 Å². The fourth-order valence-electron chi connectivity index (χ4n) is 9.74. The number of nitrogens with one attached hydrogen (secondary N) is 4. The lowest BCUT2D eigenvalue weighted by atomic mass is 9.96. The first-order valence-electron chi connectivity index (χ1n) is 24.2. The number of benzene rings is 4. The predicted octanol–water partition coefficient (Wildman–Crippen LogP) is 9.91. The number of H-pyrrole nitrogens is 2. The highest BCUT2D eigenvalue weighted by atomic mass is 16.5. The number of anilines is 2. The Morgan fingerprint density at radius 1 is 0.620 bits per heavy atom. The number of aromatic amines is 2. The molecule has 3 amide bonds. The van der Waals surface area contributed by atoms with Crippen molar-refractivity contribution in [2.45, 2.75) is 33.4 Å². The Morgan fingerprint density at radius 3 is 1.68 bits per heavy atom. The summed E-state index contributed by atoms with van der Waals surface area (Å²) >= 11 is 0. The number of aryl methyl sites for hydroxylation is 2. The maximum absolute atomic E-state index is 13.4. The smallest absolute Gasteiger partial charge is 0.248 e. The summed E-state index contributed by atoms with van der Waals surface area (Å²) in [4.78, 5) is 62.2. The Labute approximate surface area is 413 Å². The molecule has 0 bridgehead atoms. The maximum atomic E-state index is 13.4. The number of rotatable bonds is 14. The highest BCUT2D eigenvalue weighted by molar-refractivity contribution is 6.06. The predicted molar refractivity (Wildman–Crippen MR) is 283 cm³/mol. The molecule has 10 rings (SSSR count). The molecule has 2 aliphatic heterocycles. The number of fused-ring (bicyclic) bond motifs is 2. The van der Waals surface area contributed by atoms with Gasteiger partial charge in [0, 0.05) is 104 Å². The zero-order valence-corrected chi connectivity index (χ0v) is 40.1. The molecule has 71 heavy (non-hydrogen) atoms. The van der Waals surface area contributed by atoms with Crippen LogP contribution >= 0.6 is 0 Å². The van der Waals surface area contributed by atoms with E-state index in [9.17, 15) is 14.4 Å². The minimum absolute atomic E-state index is 0.00774. The Bertz CT molecular complexity index is 3320. The number of nitrogens with zero attached hydrogens (tertiary/aromatic N) is 5. The molecular weight excluding hydrogens is 887 g/mol. The number of pyridine rings is 2. The lowest BCUT2D eigenvalue weighted by Gasteiger charge is -2.34. The zero-order valence-electron chi connectivity index (χ0n) is 40.1. The van der Waals surface area contributed by atoms with Crippen molar-refractivity contribution in [3.63, 3.8) is 0 Å². The van der Waals surface area contributed by atoms with Crippen LogP contribution in [-0.2, 0) is 32.2 Å². The number of piperazine rings is 1. The second kappa shape index (κ2) is 20.9. The van der Waals surface area contributed by atoms with E-state index in [1.54, 1.807) is 18.5 Å². The number of amides is 3. The normalized spacial score (nSPS) is 14.6. The summed E-state index contributed by atoms with van der Waals surface area (Å²) in [6.45, 7) is 15.1. The molecule has 2 fully saturated rings. The molecule has 0 saturated carbocycles. The first-order valence-corrected chi connectivity index (χ1v) is 24.2. The molecule has 2 aliphatic rings. The summed E-state index contributed by atoms with van der Waals surface area (Å²) in [5, 5.41) is 8.01. The van der Waals surface area contributed by atoms with Crippen molar-refractivity contribution in [3.05, 3.63) is 169 Å². The molecule has 0 radical (unpaired) electrons. The van der Waals surface area contributed by atoms with Crippen LogP contribution in [0.2, 0.25) is 0 Å². The van der Waals surface area contributed by atoms with Crippen LogP contribution in [0.1, 0.15) is 28.7 Å². The summed E-state index contributed by atoms with van der Waals surface area (Å²) in [6.07, 6.45) is 8.09. The van der Waals surface area contributed by atoms with Gasteiger partial charge in [0.15, 0.2) is 0 Å². The highest BCUT2D eigenvalue weighted by Gasteiger charge is 2.23. The van der Waals surface area contributed by atoms with E-state index in [0.29, 0.717) is 18.8 Å². The number of hydrogen-bond acceptors (Lipinski definition) is 8. The van der Waals surface area contributed by atoms with E-state index in [2.05, 4.69) is 120 Å². The molecule has 0 spiro atoms. The highest BCUT2D eigenvalue weighted by Crippen LogP contribution is 2.41. The van der Waals surface area contributed by atoms with Crippen molar-refractivity contribution in [1.82, 2.24) is 34.6 Å². The van der Waals surface area contributed by atoms with Crippen LogP contribution < -0.4 is 10.6 Å². The summed E-state index contributed by atoms with van der Waals surface area (Å²) in [6, 6.07) is 37.4. The van der Waals surface area contributed by atoms with Crippen LogP contribution in [0.5, 0.6) is 0 Å². The molecule has 358 valence electrons. The minimum Gasteiger partial charge on any atom is -0.379 e. The Balaban J connectivity index is 0.767. The first-order chi connectivity index (χ1) is 34.7. The van der Waals surface area contributed by atoms with Gasteiger partial charge in [-0.1, -0.05) is 73.3 Å². The number of carbonyl (C=O) groups is 3. The number of carbonyl (C=O) groups excluding carboxylic acids is 3. The van der Waals surface area contributed by atoms with Gasteiger partial charge in [-0.15, -0.1) is 0 Å². The summed E-state index contributed by atoms with van der Waals surface area (Å²) in [5.74, 6) is -0.563. The quantitative estimate of drug-likeness (QED) is 0.0787. The third kappa shape index (κ3) is 10.5. The fourth-order valence-corrected chi connectivity index (χ4v) is 9.74. The topological polar surface area (TPSA) is 152 Å². The second-order valence-electron chi connectivity index (χ2n) is 18.3. The van der Waals surface area contributed by atoms with Gasteiger partial charge >= 0.3 is 0 Å². The molecule has 6 heterocycles. The summed E-state index contributed by atoms with van der Waals surface area (Å²) in [5.41, 5.74) is 15.2. The van der Waals surface area contributed by atoms with Crippen LogP contribution in [0.4, 0.5) is 11.4 Å². The van der Waals surface area contributed by atoms with E-state index in [1.165, 1.54) is 17.7 Å². The van der Waals surface area contributed by atoms with Gasteiger partial charge in [-0.05, 0) is 119 Å². The van der Waals surface area contributed by atoms with Crippen molar-refractivity contribution in [2.24, 2.45) is 0 Å². The zero-order chi connectivity index (χ0) is 48.8. The van der Waals surface area contributed by atoms with Crippen LogP contribution in [-0.4, -0.2) is 105 Å². The maximum Gasteiger partial charge on any atom is 0.248 e. The van der Waals surface area contributed by atoms with E-state index in [4.69, 9.17) is 4.74 Å². The van der Waals surface area contributed by atoms with Crippen LogP contribution in [0.25, 0.3) is 66.8 Å². The Kier molecular flexibility index (Phi) is 13.8. The largest absolute Gasteiger partial charge is 0.379 e. The van der Waals surface area contributed by atoms with Crippen molar-refractivity contribution in [1.29, 1.82) is 0 Å². The molecule has 4 aromatic carbocycles. The molecule has 13 nitrogen and oxygen atoms in total. The molecule has 13 heteroatoms. The van der Waals surface area contributed by atoms with Crippen molar-refractivity contribution in [2.75, 3.05) is 63.1 Å². The van der Waals surface area contributed by atoms with E-state index in [0.717, 1.165) is 142 Å². The molecule has 0 unspecified atom stereocenters. The molecule has 4 N–H and O–H groups in total. The van der Waals surface area contributed by atoms with Crippen LogP contribution in [0.15, 0.2) is 146 Å². The van der Waals surface area contributed by atoms with E-state index in [1.807, 2.05) is 55.1 Å². The average Bonchev–Trinajstić information content (AvgIpc) is 3.98. The summed E-state index contributed by atoms with van der Waals surface area (Å²) in [7, 11) is 0. The van der Waals surface area contributed by atoms with Gasteiger partial charge in [0.25, 0.3) is 0 Å². The van der Waals surface area contributed by atoms with Gasteiger partial charge in [0.2, 0.25) is 17.7 Å². The van der Waals surface area contributed by atoms with E-state index < -0.39 is 0 Å². The Morgan fingerprint density at radius 2 is 1.14 bits per heavy atom. The second-order valence-corrected chi connectivity index (χ2v) is 18.3. The third-order valence-corrected chi connectivity index (χ3v) is 13.5. The van der Waals surface area contributed by atoms with Crippen molar-refractivity contribution >= 4 is 51.2 Å². The molecular formula is C58H57N9O4. The van der Waals surface area contributed by atoms with Crippen LogP contribution in [0, 0.1) is 13.8 Å². The van der Waals surface area contributed by atoms with Crippen molar-refractivity contribution < 1.29 is 19.1 Å².